The fourth-order valence-electron chi connectivity index (χ4n) is 2.82. The molecular formula is C22H15ClF6N2O3S. The smallest absolute Gasteiger partial charge is 0.390 e. The number of oxime groups is 1. The highest BCUT2D eigenvalue weighted by Gasteiger charge is 2.46. The molecule has 0 radical (unpaired) electrons. The molecule has 186 valence electrons. The van der Waals surface area contributed by atoms with Crippen molar-refractivity contribution in [1.29, 1.82) is 0 Å². The van der Waals surface area contributed by atoms with Crippen molar-refractivity contribution < 1.29 is 39.6 Å². The van der Waals surface area contributed by atoms with Crippen molar-refractivity contribution in [2.75, 3.05) is 4.72 Å². The molecule has 1 N–H and O–H groups in total. The molecule has 3 aromatic rings. The van der Waals surface area contributed by atoms with Gasteiger partial charge < -0.3 is 4.84 Å². The molecule has 3 aromatic carbocycles. The largest absolute Gasteiger partial charge is 0.516 e. The summed E-state index contributed by atoms with van der Waals surface area (Å²) < 4.78 is 102. The molecule has 3 rings (SSSR count). The molecule has 0 bridgehead atoms. The van der Waals surface area contributed by atoms with Gasteiger partial charge in [-0.15, -0.1) is 0 Å². The zero-order chi connectivity index (χ0) is 25.9. The van der Waals surface area contributed by atoms with Crippen LogP contribution >= 0.6 is 11.6 Å². The number of benzene rings is 3. The van der Waals surface area contributed by atoms with E-state index >= 15 is 0 Å². The van der Waals surface area contributed by atoms with E-state index in [1.807, 2.05) is 0 Å². The highest BCUT2D eigenvalue weighted by atomic mass is 35.5. The topological polar surface area (TPSA) is 67.8 Å². The first-order chi connectivity index (χ1) is 16.3. The summed E-state index contributed by atoms with van der Waals surface area (Å²) in [6.07, 6.45) is -4.51. The molecule has 0 atom stereocenters. The van der Waals surface area contributed by atoms with Gasteiger partial charge in [-0.3, -0.25) is 4.72 Å². The van der Waals surface area contributed by atoms with Gasteiger partial charge in [0.05, 0.1) is 11.3 Å². The second kappa shape index (κ2) is 10.2. The van der Waals surface area contributed by atoms with Crippen LogP contribution in [0.4, 0.5) is 32.0 Å². The maximum atomic E-state index is 12.9. The zero-order valence-electron chi connectivity index (χ0n) is 17.4. The van der Waals surface area contributed by atoms with Crippen molar-refractivity contribution in [2.24, 2.45) is 5.16 Å². The molecule has 0 aliphatic carbocycles. The Kier molecular flexibility index (Phi) is 7.65. The van der Waals surface area contributed by atoms with Gasteiger partial charge in [0.15, 0.2) is 0 Å². The Morgan fingerprint density at radius 1 is 0.914 bits per heavy atom. The molecule has 0 spiro atoms. The molecule has 0 saturated heterocycles. The molecular weight excluding hydrogens is 522 g/mol. The van der Waals surface area contributed by atoms with E-state index in [4.69, 9.17) is 16.4 Å². The van der Waals surface area contributed by atoms with Crippen LogP contribution in [-0.2, 0) is 27.6 Å². The third-order valence-electron chi connectivity index (χ3n) is 4.50. The second-order valence-corrected chi connectivity index (χ2v) is 9.13. The number of nitrogens with one attached hydrogen (secondary N) is 1. The lowest BCUT2D eigenvalue weighted by atomic mass is 10.0. The summed E-state index contributed by atoms with van der Waals surface area (Å²) >= 11 is 6.00. The number of rotatable bonds is 7. The molecule has 0 aliphatic rings. The van der Waals surface area contributed by atoms with E-state index in [9.17, 15) is 34.8 Å². The van der Waals surface area contributed by atoms with Crippen molar-refractivity contribution in [3.8, 4) is 0 Å². The standard InChI is InChI=1S/C22H15ClF6N2O3S/c23-17-10-11-19(31-35(32,33)22(27,28)29)18(12-17)20(15-4-2-1-3-5-15)30-34-13-14-6-8-16(9-7-14)21(24,25)26/h1-12,31H,13H2/b30-20+. The summed E-state index contributed by atoms with van der Waals surface area (Å²) in [5.41, 5.74) is -6.41. The fourth-order valence-corrected chi connectivity index (χ4v) is 3.57. The van der Waals surface area contributed by atoms with Crippen LogP contribution in [0.5, 0.6) is 0 Å². The maximum absolute atomic E-state index is 12.9. The van der Waals surface area contributed by atoms with Crippen LogP contribution in [0.25, 0.3) is 0 Å². The lowest BCUT2D eigenvalue weighted by Crippen LogP contribution is -2.30. The predicted octanol–water partition coefficient (Wildman–Crippen LogP) is 6.59. The molecule has 0 unspecified atom stereocenters. The first-order valence-electron chi connectivity index (χ1n) is 9.58. The number of sulfonamides is 1. The van der Waals surface area contributed by atoms with Crippen molar-refractivity contribution in [3.05, 3.63) is 100 Å². The first-order valence-corrected chi connectivity index (χ1v) is 11.4. The molecule has 0 aromatic heterocycles. The minimum absolute atomic E-state index is 0.0695. The van der Waals surface area contributed by atoms with E-state index in [2.05, 4.69) is 5.16 Å². The molecule has 0 aliphatic heterocycles. The molecule has 0 heterocycles. The van der Waals surface area contributed by atoms with Gasteiger partial charge in [-0.1, -0.05) is 59.2 Å². The van der Waals surface area contributed by atoms with Crippen molar-refractivity contribution >= 4 is 33.0 Å². The second-order valence-electron chi connectivity index (χ2n) is 7.02. The van der Waals surface area contributed by atoms with Crippen LogP contribution in [-0.4, -0.2) is 19.6 Å². The number of hydrogen-bond acceptors (Lipinski definition) is 4. The number of anilines is 1. The third kappa shape index (κ3) is 6.67. The van der Waals surface area contributed by atoms with Crippen LogP contribution in [0.3, 0.4) is 0 Å². The van der Waals surface area contributed by atoms with Crippen molar-refractivity contribution in [2.45, 2.75) is 18.3 Å². The Morgan fingerprint density at radius 3 is 2.11 bits per heavy atom. The summed E-state index contributed by atoms with van der Waals surface area (Å²) in [4.78, 5) is 5.27. The van der Waals surface area contributed by atoms with Crippen LogP contribution in [0.15, 0.2) is 78.0 Å². The maximum Gasteiger partial charge on any atom is 0.516 e. The minimum Gasteiger partial charge on any atom is -0.390 e. The van der Waals surface area contributed by atoms with E-state index in [1.165, 1.54) is 29.0 Å². The normalized spacial score (nSPS) is 12.9. The number of hydrogen-bond donors (Lipinski definition) is 1. The van der Waals surface area contributed by atoms with Crippen LogP contribution in [0.2, 0.25) is 5.02 Å². The van der Waals surface area contributed by atoms with Gasteiger partial charge in [0, 0.05) is 16.1 Å². The van der Waals surface area contributed by atoms with E-state index < -0.39 is 33.0 Å². The predicted molar refractivity (Wildman–Crippen MR) is 118 cm³/mol. The molecule has 0 fully saturated rings. The Hall–Kier alpha value is -3.25. The van der Waals surface area contributed by atoms with Gasteiger partial charge in [0.25, 0.3) is 0 Å². The van der Waals surface area contributed by atoms with Gasteiger partial charge in [-0.25, -0.2) is 0 Å². The molecule has 0 saturated carbocycles. The van der Waals surface area contributed by atoms with Gasteiger partial charge in [-0.05, 0) is 35.9 Å². The van der Waals surface area contributed by atoms with E-state index in [0.717, 1.165) is 18.2 Å². The third-order valence-corrected chi connectivity index (χ3v) is 5.83. The summed E-state index contributed by atoms with van der Waals surface area (Å²) in [6.45, 7) is -0.279. The summed E-state index contributed by atoms with van der Waals surface area (Å²) in [5.74, 6) is 0. The van der Waals surface area contributed by atoms with Gasteiger partial charge >= 0.3 is 21.7 Å². The van der Waals surface area contributed by atoms with E-state index in [-0.39, 0.29) is 22.9 Å². The molecule has 0 amide bonds. The van der Waals surface area contributed by atoms with Gasteiger partial charge in [-0.2, -0.15) is 34.8 Å². The Labute approximate surface area is 201 Å². The van der Waals surface area contributed by atoms with Crippen LogP contribution < -0.4 is 4.72 Å². The van der Waals surface area contributed by atoms with Crippen molar-refractivity contribution in [1.82, 2.24) is 0 Å². The van der Waals surface area contributed by atoms with E-state index in [1.54, 1.807) is 30.3 Å². The van der Waals surface area contributed by atoms with Crippen LogP contribution in [0, 0.1) is 0 Å². The van der Waals surface area contributed by atoms with E-state index in [0.29, 0.717) is 11.1 Å². The van der Waals surface area contributed by atoms with Crippen LogP contribution in [0.1, 0.15) is 22.3 Å². The monoisotopic (exact) mass is 536 g/mol. The van der Waals surface area contributed by atoms with Gasteiger partial charge in [0.2, 0.25) is 0 Å². The average molecular weight is 537 g/mol. The number of nitrogens with zero attached hydrogens (tertiary/aromatic N) is 1. The van der Waals surface area contributed by atoms with Gasteiger partial charge in [0.1, 0.15) is 12.3 Å². The lowest BCUT2D eigenvalue weighted by molar-refractivity contribution is -0.137. The average Bonchev–Trinajstić information content (AvgIpc) is 2.77. The molecule has 13 heteroatoms. The summed E-state index contributed by atoms with van der Waals surface area (Å²) in [6, 6.07) is 15.5. The SMILES string of the molecule is O=S(=O)(Nc1ccc(Cl)cc1/C(=N/OCc1ccc(C(F)(F)F)cc1)c1ccccc1)C(F)(F)F. The molecule has 5 nitrogen and oxygen atoms in total. The fraction of sp³-hybridized carbons (Fsp3) is 0.136. The minimum atomic E-state index is -5.76. The highest BCUT2D eigenvalue weighted by molar-refractivity contribution is 7.93. The summed E-state index contributed by atoms with van der Waals surface area (Å²) in [5, 5.41) is 4.02. The Bertz CT molecular complexity index is 1310. The summed E-state index contributed by atoms with van der Waals surface area (Å²) in [7, 11) is -5.76. The quantitative estimate of drug-likeness (QED) is 0.210. The lowest BCUT2D eigenvalue weighted by Gasteiger charge is -2.16. The number of halogens is 7. The number of alkyl halides is 6. The van der Waals surface area contributed by atoms with Crippen molar-refractivity contribution in [3.63, 3.8) is 0 Å². The Morgan fingerprint density at radius 2 is 1.54 bits per heavy atom. The first kappa shape index (κ1) is 26.4. The Balaban J connectivity index is 1.98. The zero-order valence-corrected chi connectivity index (χ0v) is 18.9. The molecule has 35 heavy (non-hydrogen) atoms. The highest BCUT2D eigenvalue weighted by Crippen LogP contribution is 2.31.